The highest BCUT2D eigenvalue weighted by Crippen LogP contribution is 2.19. The Hall–Kier alpha value is -1.62. The predicted octanol–water partition coefficient (Wildman–Crippen LogP) is 1.42. The van der Waals surface area contributed by atoms with Crippen LogP contribution in [-0.4, -0.2) is 24.8 Å². The van der Waals surface area contributed by atoms with E-state index in [0.29, 0.717) is 24.6 Å². The van der Waals surface area contributed by atoms with Crippen LogP contribution in [0.25, 0.3) is 0 Å². The third-order valence-electron chi connectivity index (χ3n) is 2.07. The monoisotopic (exact) mass is 241 g/mol. The Morgan fingerprint density at radius 1 is 1.56 bits per heavy atom. The van der Waals surface area contributed by atoms with Gasteiger partial charge >= 0.3 is 0 Å². The molecule has 1 aliphatic rings. The van der Waals surface area contributed by atoms with Gasteiger partial charge in [-0.05, 0) is 18.2 Å². The second-order valence-corrected chi connectivity index (χ2v) is 3.65. The van der Waals surface area contributed by atoms with Gasteiger partial charge in [-0.25, -0.2) is 4.39 Å². The first-order valence-corrected chi connectivity index (χ1v) is 5.09. The minimum Gasteiger partial charge on any atom is -0.364 e. The maximum atomic E-state index is 12.9. The van der Waals surface area contributed by atoms with Crippen molar-refractivity contribution in [3.05, 3.63) is 29.0 Å². The average Bonchev–Trinajstić information content (AvgIpc) is 2.77. The first kappa shape index (κ1) is 10.9. The van der Waals surface area contributed by atoms with Gasteiger partial charge in [0, 0.05) is 12.2 Å². The van der Waals surface area contributed by atoms with Gasteiger partial charge in [-0.3, -0.25) is 9.79 Å². The zero-order valence-electron chi connectivity index (χ0n) is 8.26. The molecular formula is C10H9ClFN3O. The standard InChI is InChI=1S/C10H9ClFN3O/c11-7-5-6(1-2-8(7)12)15-10(16)9-13-3-4-14-9/h1-2,5H,3-4H2,(H,13,14)(H,15,16). The largest absolute Gasteiger partial charge is 0.364 e. The molecule has 6 heteroatoms. The van der Waals surface area contributed by atoms with Crippen molar-refractivity contribution < 1.29 is 9.18 Å². The molecule has 1 aromatic rings. The van der Waals surface area contributed by atoms with E-state index in [-0.39, 0.29) is 10.9 Å². The Morgan fingerprint density at radius 2 is 2.38 bits per heavy atom. The summed E-state index contributed by atoms with van der Waals surface area (Å²) in [6.07, 6.45) is 0. The van der Waals surface area contributed by atoms with Gasteiger partial charge in [0.1, 0.15) is 5.82 Å². The van der Waals surface area contributed by atoms with Crippen LogP contribution in [0.15, 0.2) is 23.2 Å². The van der Waals surface area contributed by atoms with Crippen molar-refractivity contribution in [3.8, 4) is 0 Å². The van der Waals surface area contributed by atoms with Crippen LogP contribution in [0.5, 0.6) is 0 Å². The van der Waals surface area contributed by atoms with Crippen LogP contribution in [0.4, 0.5) is 10.1 Å². The van der Waals surface area contributed by atoms with Gasteiger partial charge in [-0.15, -0.1) is 0 Å². The lowest BCUT2D eigenvalue weighted by Gasteiger charge is -2.05. The lowest BCUT2D eigenvalue weighted by atomic mass is 10.3. The highest BCUT2D eigenvalue weighted by molar-refractivity contribution is 6.42. The number of amides is 1. The lowest BCUT2D eigenvalue weighted by Crippen LogP contribution is -2.32. The predicted molar refractivity (Wildman–Crippen MR) is 60.3 cm³/mol. The van der Waals surface area contributed by atoms with Crippen molar-refractivity contribution in [1.82, 2.24) is 5.32 Å². The summed E-state index contributed by atoms with van der Waals surface area (Å²) in [7, 11) is 0. The molecule has 0 fully saturated rings. The van der Waals surface area contributed by atoms with Gasteiger partial charge in [-0.1, -0.05) is 11.6 Å². The fourth-order valence-corrected chi connectivity index (χ4v) is 1.49. The van der Waals surface area contributed by atoms with E-state index in [9.17, 15) is 9.18 Å². The zero-order valence-corrected chi connectivity index (χ0v) is 9.01. The van der Waals surface area contributed by atoms with E-state index in [1.54, 1.807) is 0 Å². The molecule has 84 valence electrons. The second-order valence-electron chi connectivity index (χ2n) is 3.24. The molecule has 0 saturated heterocycles. The summed E-state index contributed by atoms with van der Waals surface area (Å²) in [6, 6.07) is 3.99. The Bertz CT molecular complexity index is 461. The number of rotatable bonds is 2. The van der Waals surface area contributed by atoms with E-state index in [1.165, 1.54) is 18.2 Å². The van der Waals surface area contributed by atoms with E-state index in [0.717, 1.165) is 0 Å². The Morgan fingerprint density at radius 3 is 3.00 bits per heavy atom. The summed E-state index contributed by atoms with van der Waals surface area (Å²) in [4.78, 5) is 15.5. The maximum absolute atomic E-state index is 12.9. The number of carbonyl (C=O) groups is 1. The van der Waals surface area contributed by atoms with E-state index in [4.69, 9.17) is 11.6 Å². The summed E-state index contributed by atoms with van der Waals surface area (Å²) >= 11 is 5.58. The molecule has 1 amide bonds. The Balaban J connectivity index is 2.08. The average molecular weight is 242 g/mol. The maximum Gasteiger partial charge on any atom is 0.290 e. The van der Waals surface area contributed by atoms with Crippen molar-refractivity contribution in [1.29, 1.82) is 0 Å². The number of hydrogen-bond acceptors (Lipinski definition) is 3. The Kier molecular flexibility index (Phi) is 3.05. The van der Waals surface area contributed by atoms with Crippen LogP contribution in [-0.2, 0) is 4.79 Å². The molecule has 0 atom stereocenters. The highest BCUT2D eigenvalue weighted by Gasteiger charge is 2.14. The number of halogens is 2. The molecule has 4 nitrogen and oxygen atoms in total. The van der Waals surface area contributed by atoms with Crippen LogP contribution in [0, 0.1) is 5.82 Å². The highest BCUT2D eigenvalue weighted by atomic mass is 35.5. The van der Waals surface area contributed by atoms with E-state index in [1.807, 2.05) is 0 Å². The summed E-state index contributed by atoms with van der Waals surface area (Å²) in [6.45, 7) is 1.25. The van der Waals surface area contributed by atoms with Crippen molar-refractivity contribution in [2.24, 2.45) is 4.99 Å². The lowest BCUT2D eigenvalue weighted by molar-refractivity contribution is -0.110. The smallest absolute Gasteiger partial charge is 0.290 e. The zero-order chi connectivity index (χ0) is 11.5. The van der Waals surface area contributed by atoms with E-state index in [2.05, 4.69) is 15.6 Å². The molecule has 0 spiro atoms. The molecule has 0 unspecified atom stereocenters. The molecule has 0 aliphatic carbocycles. The van der Waals surface area contributed by atoms with Crippen LogP contribution in [0.1, 0.15) is 0 Å². The number of nitrogens with zero attached hydrogens (tertiary/aromatic N) is 1. The quantitative estimate of drug-likeness (QED) is 0.823. The fraction of sp³-hybridized carbons (Fsp3) is 0.200. The Labute approximate surface area is 96.5 Å². The first-order valence-electron chi connectivity index (χ1n) is 4.71. The fourth-order valence-electron chi connectivity index (χ4n) is 1.31. The summed E-state index contributed by atoms with van der Waals surface area (Å²) < 4.78 is 12.9. The van der Waals surface area contributed by atoms with Gasteiger partial charge in [0.05, 0.1) is 11.6 Å². The van der Waals surface area contributed by atoms with Gasteiger partial charge in [-0.2, -0.15) is 0 Å². The number of benzene rings is 1. The van der Waals surface area contributed by atoms with Crippen molar-refractivity contribution in [3.63, 3.8) is 0 Å². The number of aliphatic imine (C=N–C) groups is 1. The molecule has 0 bridgehead atoms. The van der Waals surface area contributed by atoms with E-state index < -0.39 is 5.82 Å². The number of carbonyl (C=O) groups excluding carboxylic acids is 1. The van der Waals surface area contributed by atoms with Crippen molar-refractivity contribution in [2.75, 3.05) is 18.4 Å². The summed E-state index contributed by atoms with van der Waals surface area (Å²) in [5.41, 5.74) is 0.438. The molecule has 2 N–H and O–H groups in total. The number of hydrogen-bond donors (Lipinski definition) is 2. The molecule has 16 heavy (non-hydrogen) atoms. The van der Waals surface area contributed by atoms with Crippen molar-refractivity contribution >= 4 is 29.0 Å². The molecule has 1 aliphatic heterocycles. The molecule has 0 radical (unpaired) electrons. The molecule has 1 aromatic carbocycles. The molecule has 1 heterocycles. The molecule has 0 saturated carbocycles. The number of anilines is 1. The van der Waals surface area contributed by atoms with Crippen LogP contribution in [0.2, 0.25) is 5.02 Å². The SMILES string of the molecule is O=C(Nc1ccc(F)c(Cl)c1)C1=NCCN1. The van der Waals surface area contributed by atoms with Gasteiger partial charge < -0.3 is 10.6 Å². The van der Waals surface area contributed by atoms with Gasteiger partial charge in [0.2, 0.25) is 0 Å². The molecule has 0 aromatic heterocycles. The van der Waals surface area contributed by atoms with Crippen molar-refractivity contribution in [2.45, 2.75) is 0 Å². The second kappa shape index (κ2) is 4.49. The third-order valence-corrected chi connectivity index (χ3v) is 2.36. The minimum absolute atomic E-state index is 0.0286. The minimum atomic E-state index is -0.518. The summed E-state index contributed by atoms with van der Waals surface area (Å²) in [5.74, 6) is -0.573. The van der Waals surface area contributed by atoms with Crippen LogP contribution in [0.3, 0.4) is 0 Å². The van der Waals surface area contributed by atoms with Gasteiger partial charge in [0.15, 0.2) is 5.84 Å². The van der Waals surface area contributed by atoms with Crippen LogP contribution >= 0.6 is 11.6 Å². The molecular weight excluding hydrogens is 233 g/mol. The normalized spacial score (nSPS) is 14.2. The topological polar surface area (TPSA) is 53.5 Å². The van der Waals surface area contributed by atoms with Crippen LogP contribution < -0.4 is 10.6 Å². The van der Waals surface area contributed by atoms with Gasteiger partial charge in [0.25, 0.3) is 5.91 Å². The summed E-state index contributed by atoms with van der Waals surface area (Å²) in [5, 5.41) is 5.37. The van der Waals surface area contributed by atoms with E-state index >= 15 is 0 Å². The first-order chi connectivity index (χ1) is 7.66. The molecule has 2 rings (SSSR count). The number of amidine groups is 1. The third kappa shape index (κ3) is 2.30. The number of nitrogens with one attached hydrogen (secondary N) is 2.